The van der Waals surface area contributed by atoms with Crippen molar-refractivity contribution in [3.8, 4) is 33.4 Å². The highest BCUT2D eigenvalue weighted by Gasteiger charge is 2.22. The van der Waals surface area contributed by atoms with E-state index in [4.69, 9.17) is 4.42 Å². The van der Waals surface area contributed by atoms with Crippen molar-refractivity contribution in [3.63, 3.8) is 0 Å². The Balaban J connectivity index is 1.25. The van der Waals surface area contributed by atoms with E-state index in [9.17, 15) is 0 Å². The maximum Gasteiger partial charge on any atom is 0.136 e. The normalized spacial score (nSPS) is 11.3. The van der Waals surface area contributed by atoms with Gasteiger partial charge in [-0.3, -0.25) is 0 Å². The SMILES string of the molecule is c1ccc(-c2ccc(-c3ccccc3N(c3ccccc3)c3ccccc3-c3cccc4oc5cc6ccccc6cc5c34)cc2)cc1. The molecule has 0 saturated heterocycles. The fourth-order valence-electron chi connectivity index (χ4n) is 7.00. The summed E-state index contributed by atoms with van der Waals surface area (Å²) in [5, 5.41) is 4.63. The minimum atomic E-state index is 0.887. The van der Waals surface area contributed by atoms with Gasteiger partial charge in [-0.15, -0.1) is 0 Å². The smallest absolute Gasteiger partial charge is 0.136 e. The fourth-order valence-corrected chi connectivity index (χ4v) is 7.00. The zero-order chi connectivity index (χ0) is 31.9. The molecule has 0 fully saturated rings. The highest BCUT2D eigenvalue weighted by molar-refractivity contribution is 6.16. The minimum absolute atomic E-state index is 0.887. The van der Waals surface area contributed by atoms with Crippen LogP contribution in [0.25, 0.3) is 66.1 Å². The topological polar surface area (TPSA) is 16.4 Å². The van der Waals surface area contributed by atoms with Crippen molar-refractivity contribution < 1.29 is 4.42 Å². The quantitative estimate of drug-likeness (QED) is 0.185. The van der Waals surface area contributed by atoms with Crippen molar-refractivity contribution in [2.75, 3.05) is 4.90 Å². The van der Waals surface area contributed by atoms with Crippen molar-refractivity contribution >= 4 is 49.8 Å². The molecular weight excluding hydrogens is 583 g/mol. The summed E-state index contributed by atoms with van der Waals surface area (Å²) in [5.74, 6) is 0. The van der Waals surface area contributed by atoms with Gasteiger partial charge in [-0.1, -0.05) is 146 Å². The van der Waals surface area contributed by atoms with Crippen LogP contribution in [0.5, 0.6) is 0 Å². The predicted octanol–water partition coefficient (Wildman–Crippen LogP) is 13.2. The lowest BCUT2D eigenvalue weighted by Gasteiger charge is -2.30. The maximum absolute atomic E-state index is 6.50. The van der Waals surface area contributed by atoms with Crippen molar-refractivity contribution in [1.29, 1.82) is 0 Å². The van der Waals surface area contributed by atoms with Gasteiger partial charge in [-0.25, -0.2) is 0 Å². The van der Waals surface area contributed by atoms with Crippen LogP contribution < -0.4 is 4.90 Å². The summed E-state index contributed by atoms with van der Waals surface area (Å²) < 4.78 is 6.50. The Bertz CT molecular complexity index is 2550. The zero-order valence-electron chi connectivity index (χ0n) is 26.3. The number of furan rings is 1. The number of rotatable bonds is 6. The van der Waals surface area contributed by atoms with Crippen LogP contribution in [0.1, 0.15) is 0 Å². The van der Waals surface area contributed by atoms with Crippen LogP contribution in [0.2, 0.25) is 0 Å². The van der Waals surface area contributed by atoms with Crippen LogP contribution in [-0.2, 0) is 0 Å². The first-order valence-corrected chi connectivity index (χ1v) is 16.4. The molecule has 0 aliphatic carbocycles. The lowest BCUT2D eigenvalue weighted by Crippen LogP contribution is -2.12. The first-order valence-electron chi connectivity index (χ1n) is 16.4. The molecule has 0 amide bonds. The fraction of sp³-hybridized carbons (Fsp3) is 0. The summed E-state index contributed by atoms with van der Waals surface area (Å²) in [6.45, 7) is 0. The predicted molar refractivity (Wildman–Crippen MR) is 202 cm³/mol. The number of nitrogens with zero attached hydrogens (tertiary/aromatic N) is 1. The van der Waals surface area contributed by atoms with E-state index in [1.165, 1.54) is 27.5 Å². The molecule has 0 bridgehead atoms. The molecule has 0 saturated carbocycles. The first kappa shape index (κ1) is 27.9. The molecular formula is C46H31NO. The molecule has 2 heteroatoms. The van der Waals surface area contributed by atoms with Gasteiger partial charge in [0.1, 0.15) is 11.2 Å². The van der Waals surface area contributed by atoms with Gasteiger partial charge in [0.05, 0.1) is 11.4 Å². The molecule has 1 heterocycles. The number of hydrogen-bond acceptors (Lipinski definition) is 2. The molecule has 0 N–H and O–H groups in total. The van der Waals surface area contributed by atoms with E-state index in [0.29, 0.717) is 0 Å². The van der Waals surface area contributed by atoms with E-state index in [-0.39, 0.29) is 0 Å². The van der Waals surface area contributed by atoms with E-state index in [2.05, 4.69) is 193 Å². The van der Waals surface area contributed by atoms with Crippen molar-refractivity contribution in [1.82, 2.24) is 0 Å². The third-order valence-electron chi connectivity index (χ3n) is 9.26. The van der Waals surface area contributed by atoms with Gasteiger partial charge in [-0.05, 0) is 75.5 Å². The molecule has 2 nitrogen and oxygen atoms in total. The number of benzene rings is 8. The molecule has 0 aliphatic rings. The number of fused-ring (bicyclic) bond motifs is 4. The Labute approximate surface area is 279 Å². The Morgan fingerprint density at radius 2 is 0.896 bits per heavy atom. The molecule has 0 atom stereocenters. The molecule has 226 valence electrons. The zero-order valence-corrected chi connectivity index (χ0v) is 26.3. The van der Waals surface area contributed by atoms with E-state index in [1.807, 2.05) is 0 Å². The Morgan fingerprint density at radius 3 is 1.65 bits per heavy atom. The molecule has 48 heavy (non-hydrogen) atoms. The summed E-state index contributed by atoms with van der Waals surface area (Å²) in [6, 6.07) is 66.9. The van der Waals surface area contributed by atoms with Gasteiger partial charge >= 0.3 is 0 Å². The summed E-state index contributed by atoms with van der Waals surface area (Å²) in [6.07, 6.45) is 0. The van der Waals surface area contributed by atoms with Crippen molar-refractivity contribution in [2.45, 2.75) is 0 Å². The number of para-hydroxylation sites is 3. The van der Waals surface area contributed by atoms with Crippen LogP contribution in [0.3, 0.4) is 0 Å². The van der Waals surface area contributed by atoms with Crippen LogP contribution in [0.4, 0.5) is 17.1 Å². The molecule has 9 rings (SSSR count). The van der Waals surface area contributed by atoms with Crippen LogP contribution in [0, 0.1) is 0 Å². The number of anilines is 3. The lowest BCUT2D eigenvalue weighted by molar-refractivity contribution is 0.669. The van der Waals surface area contributed by atoms with Gasteiger partial charge in [0, 0.05) is 27.6 Å². The van der Waals surface area contributed by atoms with E-state index >= 15 is 0 Å². The van der Waals surface area contributed by atoms with Crippen LogP contribution in [-0.4, -0.2) is 0 Å². The van der Waals surface area contributed by atoms with E-state index in [1.54, 1.807) is 0 Å². The third kappa shape index (κ3) is 4.83. The van der Waals surface area contributed by atoms with Gasteiger partial charge in [0.25, 0.3) is 0 Å². The van der Waals surface area contributed by atoms with E-state index < -0.39 is 0 Å². The molecule has 8 aromatic carbocycles. The van der Waals surface area contributed by atoms with Crippen molar-refractivity contribution in [2.24, 2.45) is 0 Å². The van der Waals surface area contributed by atoms with Gasteiger partial charge in [0.15, 0.2) is 0 Å². The first-order chi connectivity index (χ1) is 23.8. The average Bonchev–Trinajstić information content (AvgIpc) is 3.53. The highest BCUT2D eigenvalue weighted by Crippen LogP contribution is 2.47. The molecule has 0 unspecified atom stereocenters. The number of hydrogen-bond donors (Lipinski definition) is 0. The van der Waals surface area contributed by atoms with Gasteiger partial charge in [-0.2, -0.15) is 0 Å². The van der Waals surface area contributed by atoms with Gasteiger partial charge < -0.3 is 9.32 Å². The van der Waals surface area contributed by atoms with Crippen LogP contribution >= 0.6 is 0 Å². The Hall–Kier alpha value is -6.38. The highest BCUT2D eigenvalue weighted by atomic mass is 16.3. The average molecular weight is 614 g/mol. The van der Waals surface area contributed by atoms with Crippen LogP contribution in [0.15, 0.2) is 192 Å². The van der Waals surface area contributed by atoms with Gasteiger partial charge in [0.2, 0.25) is 0 Å². The maximum atomic E-state index is 6.50. The summed E-state index contributed by atoms with van der Waals surface area (Å²) >= 11 is 0. The molecule has 0 spiro atoms. The molecule has 9 aromatic rings. The second-order valence-corrected chi connectivity index (χ2v) is 12.1. The van der Waals surface area contributed by atoms with Crippen molar-refractivity contribution in [3.05, 3.63) is 188 Å². The standard InChI is InChI=1S/C46H31NO/c1-3-14-32(15-4-1)33-26-28-34(29-27-33)38-20-9-11-23-42(38)47(37-18-5-2-6-19-37)43-24-12-10-21-39(43)40-22-13-25-44-46(40)41-30-35-16-7-8-17-36(35)31-45(41)48-44/h1-31H. The molecule has 0 radical (unpaired) electrons. The largest absolute Gasteiger partial charge is 0.456 e. The Morgan fingerprint density at radius 1 is 0.354 bits per heavy atom. The second-order valence-electron chi connectivity index (χ2n) is 12.1. The third-order valence-corrected chi connectivity index (χ3v) is 9.26. The Kier molecular flexibility index (Phi) is 6.84. The second kappa shape index (κ2) is 11.8. The summed E-state index contributed by atoms with van der Waals surface area (Å²) in [7, 11) is 0. The lowest BCUT2D eigenvalue weighted by atomic mass is 9.95. The monoisotopic (exact) mass is 613 g/mol. The summed E-state index contributed by atoms with van der Waals surface area (Å²) in [5.41, 5.74) is 12.1. The van der Waals surface area contributed by atoms with E-state index in [0.717, 1.165) is 55.7 Å². The molecule has 0 aliphatic heterocycles. The minimum Gasteiger partial charge on any atom is -0.456 e. The molecule has 1 aromatic heterocycles. The summed E-state index contributed by atoms with van der Waals surface area (Å²) in [4.78, 5) is 2.40.